The summed E-state index contributed by atoms with van der Waals surface area (Å²) in [5, 5.41) is 3.70. The van der Waals surface area contributed by atoms with E-state index in [0.717, 1.165) is 0 Å². The molecule has 0 heterocycles. The zero-order valence-electron chi connectivity index (χ0n) is 6.43. The highest BCUT2D eigenvalue weighted by Gasteiger charge is 2.13. The summed E-state index contributed by atoms with van der Waals surface area (Å²) in [5.41, 5.74) is 0.264. The summed E-state index contributed by atoms with van der Waals surface area (Å²) in [6.07, 6.45) is 0. The molecule has 0 spiro atoms. The molecule has 0 unspecified atom stereocenters. The summed E-state index contributed by atoms with van der Waals surface area (Å²) < 4.78 is 30.1. The quantitative estimate of drug-likeness (QED) is 0.694. The molecule has 0 saturated carbocycles. The molecule has 0 fully saturated rings. The third-order valence-electron chi connectivity index (χ3n) is 1.38. The molecule has 0 aliphatic carbocycles. The first-order valence-corrected chi connectivity index (χ1v) is 4.66. The van der Waals surface area contributed by atoms with Crippen LogP contribution in [-0.2, 0) is 10.1 Å². The van der Waals surface area contributed by atoms with E-state index < -0.39 is 10.1 Å². The molecular formula is C7H8NO3S. The zero-order chi connectivity index (χ0) is 9.19. The predicted molar refractivity (Wildman–Crippen MR) is 44.0 cm³/mol. The van der Waals surface area contributed by atoms with Crippen LogP contribution in [0.15, 0.2) is 29.2 Å². The van der Waals surface area contributed by atoms with Crippen molar-refractivity contribution in [2.75, 3.05) is 7.05 Å². The van der Waals surface area contributed by atoms with Crippen LogP contribution in [-0.4, -0.2) is 20.0 Å². The van der Waals surface area contributed by atoms with Gasteiger partial charge in [-0.15, -0.1) is 0 Å². The van der Waals surface area contributed by atoms with Gasteiger partial charge in [-0.1, -0.05) is 12.1 Å². The molecular weight excluding hydrogens is 178 g/mol. The lowest BCUT2D eigenvalue weighted by atomic mass is 10.3. The molecule has 0 amide bonds. The highest BCUT2D eigenvalue weighted by atomic mass is 32.2. The molecule has 0 aromatic heterocycles. The van der Waals surface area contributed by atoms with Gasteiger partial charge in [0.2, 0.25) is 0 Å². The molecule has 5 heteroatoms. The van der Waals surface area contributed by atoms with Crippen LogP contribution in [0, 0.1) is 0 Å². The Balaban J connectivity index is 3.33. The molecule has 65 valence electrons. The van der Waals surface area contributed by atoms with Crippen LogP contribution >= 0.6 is 0 Å². The standard InChI is InChI=1S/C7H8NO3S/c1-8-6-4-2-3-5-7(6)12(9,10)11/h2-5H,1H3,(H,9,10,11). The summed E-state index contributed by atoms with van der Waals surface area (Å²) in [4.78, 5) is -0.160. The molecule has 1 aromatic rings. The van der Waals surface area contributed by atoms with E-state index >= 15 is 0 Å². The molecule has 1 aromatic carbocycles. The van der Waals surface area contributed by atoms with Crippen LogP contribution in [0.4, 0.5) is 5.69 Å². The third-order valence-corrected chi connectivity index (χ3v) is 2.29. The normalized spacial score (nSPS) is 11.2. The van der Waals surface area contributed by atoms with E-state index in [4.69, 9.17) is 4.55 Å². The van der Waals surface area contributed by atoms with Crippen LogP contribution < -0.4 is 5.32 Å². The van der Waals surface area contributed by atoms with Crippen molar-refractivity contribution in [3.63, 3.8) is 0 Å². The van der Waals surface area contributed by atoms with Crippen molar-refractivity contribution in [2.45, 2.75) is 4.90 Å². The second-order valence-corrected chi connectivity index (χ2v) is 3.56. The second kappa shape index (κ2) is 3.12. The fourth-order valence-corrected chi connectivity index (χ4v) is 1.53. The minimum Gasteiger partial charge on any atom is -0.287 e. The molecule has 0 atom stereocenters. The molecule has 1 radical (unpaired) electrons. The lowest BCUT2D eigenvalue weighted by Crippen LogP contribution is -2.02. The van der Waals surface area contributed by atoms with Crippen molar-refractivity contribution in [2.24, 2.45) is 0 Å². The molecule has 0 aliphatic heterocycles. The molecule has 12 heavy (non-hydrogen) atoms. The largest absolute Gasteiger partial charge is 0.296 e. The van der Waals surface area contributed by atoms with E-state index in [-0.39, 0.29) is 10.6 Å². The maximum atomic E-state index is 10.7. The van der Waals surface area contributed by atoms with Crippen molar-refractivity contribution < 1.29 is 13.0 Å². The number of benzene rings is 1. The SMILES string of the molecule is C[N]c1ccccc1S(=O)(=O)O. The summed E-state index contributed by atoms with van der Waals surface area (Å²) in [6.45, 7) is 0. The maximum absolute atomic E-state index is 10.7. The van der Waals surface area contributed by atoms with Gasteiger partial charge in [0.05, 0.1) is 5.69 Å². The Morgan fingerprint density at radius 2 is 1.92 bits per heavy atom. The first kappa shape index (κ1) is 9.02. The smallest absolute Gasteiger partial charge is 0.287 e. The van der Waals surface area contributed by atoms with Crippen molar-refractivity contribution >= 4 is 15.8 Å². The van der Waals surface area contributed by atoms with Gasteiger partial charge < -0.3 is 0 Å². The number of hydrogen-bond acceptors (Lipinski definition) is 2. The highest BCUT2D eigenvalue weighted by Crippen LogP contribution is 2.19. The topological polar surface area (TPSA) is 68.5 Å². The Hall–Kier alpha value is -1.07. The van der Waals surface area contributed by atoms with Gasteiger partial charge >= 0.3 is 0 Å². The first-order valence-electron chi connectivity index (χ1n) is 3.22. The van der Waals surface area contributed by atoms with E-state index in [9.17, 15) is 8.42 Å². The second-order valence-electron chi connectivity index (χ2n) is 2.17. The summed E-state index contributed by atoms with van der Waals surface area (Å²) in [6, 6.07) is 6.00. The van der Waals surface area contributed by atoms with Crippen LogP contribution in [0.3, 0.4) is 0 Å². The molecule has 1 rings (SSSR count). The van der Waals surface area contributed by atoms with Gasteiger partial charge in [-0.2, -0.15) is 8.42 Å². The number of para-hydroxylation sites is 1. The Morgan fingerprint density at radius 3 is 2.33 bits per heavy atom. The number of nitrogens with zero attached hydrogens (tertiary/aromatic N) is 1. The fraction of sp³-hybridized carbons (Fsp3) is 0.143. The van der Waals surface area contributed by atoms with Crippen LogP contribution in [0.25, 0.3) is 0 Å². The Bertz CT molecular complexity index is 372. The average molecular weight is 186 g/mol. The van der Waals surface area contributed by atoms with Gasteiger partial charge in [0.1, 0.15) is 4.90 Å². The average Bonchev–Trinajstić information content (AvgIpc) is 2.03. The Morgan fingerprint density at radius 1 is 1.33 bits per heavy atom. The minimum absolute atomic E-state index is 0.160. The lowest BCUT2D eigenvalue weighted by Gasteiger charge is -2.02. The molecule has 0 aliphatic rings. The maximum Gasteiger partial charge on any atom is 0.296 e. The van der Waals surface area contributed by atoms with Gasteiger partial charge in [-0.25, -0.2) is 0 Å². The van der Waals surface area contributed by atoms with Crippen LogP contribution in [0.5, 0.6) is 0 Å². The third kappa shape index (κ3) is 1.75. The van der Waals surface area contributed by atoms with Crippen molar-refractivity contribution in [1.82, 2.24) is 5.32 Å². The van der Waals surface area contributed by atoms with Gasteiger partial charge in [0.25, 0.3) is 10.1 Å². The van der Waals surface area contributed by atoms with Crippen LogP contribution in [0.2, 0.25) is 0 Å². The summed E-state index contributed by atoms with van der Waals surface area (Å²) >= 11 is 0. The van der Waals surface area contributed by atoms with Crippen molar-refractivity contribution in [3.05, 3.63) is 24.3 Å². The van der Waals surface area contributed by atoms with Gasteiger partial charge in [-0.3, -0.25) is 9.87 Å². The lowest BCUT2D eigenvalue weighted by molar-refractivity contribution is 0.483. The van der Waals surface area contributed by atoms with Crippen molar-refractivity contribution in [3.8, 4) is 0 Å². The van der Waals surface area contributed by atoms with E-state index in [1.165, 1.54) is 25.2 Å². The molecule has 0 bridgehead atoms. The van der Waals surface area contributed by atoms with Gasteiger partial charge in [0, 0.05) is 7.05 Å². The highest BCUT2D eigenvalue weighted by molar-refractivity contribution is 7.86. The Labute approximate surface area is 71.0 Å². The van der Waals surface area contributed by atoms with Crippen molar-refractivity contribution in [1.29, 1.82) is 0 Å². The number of rotatable bonds is 2. The fourth-order valence-electron chi connectivity index (χ4n) is 0.860. The molecule has 0 saturated heterocycles. The van der Waals surface area contributed by atoms with Crippen LogP contribution in [0.1, 0.15) is 0 Å². The molecule has 4 nitrogen and oxygen atoms in total. The Kier molecular flexibility index (Phi) is 2.35. The summed E-state index contributed by atoms with van der Waals surface area (Å²) in [5.74, 6) is 0. The van der Waals surface area contributed by atoms with E-state index in [0.29, 0.717) is 0 Å². The minimum atomic E-state index is -4.14. The van der Waals surface area contributed by atoms with E-state index in [1.807, 2.05) is 0 Å². The number of hydrogen-bond donors (Lipinski definition) is 1. The van der Waals surface area contributed by atoms with E-state index in [1.54, 1.807) is 6.07 Å². The first-order chi connectivity index (χ1) is 5.55. The van der Waals surface area contributed by atoms with Gasteiger partial charge in [0.15, 0.2) is 0 Å². The summed E-state index contributed by atoms with van der Waals surface area (Å²) in [7, 11) is -2.68. The van der Waals surface area contributed by atoms with E-state index in [2.05, 4.69) is 5.32 Å². The zero-order valence-corrected chi connectivity index (χ0v) is 7.25. The monoisotopic (exact) mass is 186 g/mol. The predicted octanol–water partition coefficient (Wildman–Crippen LogP) is 0.799. The van der Waals surface area contributed by atoms with Gasteiger partial charge in [-0.05, 0) is 12.1 Å². The molecule has 1 N–H and O–H groups in total.